The second-order valence-electron chi connectivity index (χ2n) is 5.19. The summed E-state index contributed by atoms with van der Waals surface area (Å²) in [6.45, 7) is 5.27. The zero-order valence-electron chi connectivity index (χ0n) is 10.6. The van der Waals surface area contributed by atoms with Crippen LogP contribution in [0.4, 0.5) is 0 Å². The van der Waals surface area contributed by atoms with E-state index in [0.717, 1.165) is 5.57 Å². The fourth-order valence-electron chi connectivity index (χ4n) is 2.62. The summed E-state index contributed by atoms with van der Waals surface area (Å²) in [4.78, 5) is 23.5. The van der Waals surface area contributed by atoms with Crippen LogP contribution in [0.15, 0.2) is 33.5 Å². The molecule has 2 atom stereocenters. The van der Waals surface area contributed by atoms with E-state index in [-0.39, 0.29) is 23.2 Å². The molecule has 0 saturated heterocycles. The zero-order chi connectivity index (χ0) is 13.7. The molecule has 0 amide bonds. The first-order valence-electron chi connectivity index (χ1n) is 5.84. The van der Waals surface area contributed by atoms with Crippen molar-refractivity contribution in [3.05, 3.63) is 33.5 Å². The molecule has 18 heavy (non-hydrogen) atoms. The molecule has 0 spiro atoms. The van der Waals surface area contributed by atoms with E-state index in [0.29, 0.717) is 16.5 Å². The first-order valence-corrected chi connectivity index (χ1v) is 6.63. The highest BCUT2D eigenvalue weighted by atomic mass is 79.9. The lowest BCUT2D eigenvalue weighted by atomic mass is 9.62. The van der Waals surface area contributed by atoms with E-state index in [1.54, 1.807) is 12.2 Å². The monoisotopic (exact) mass is 310 g/mol. The number of fused-ring (bicyclic) bond motifs is 1. The molecule has 0 aromatic rings. The maximum absolute atomic E-state index is 11.9. The normalized spacial score (nSPS) is 31.8. The summed E-state index contributed by atoms with van der Waals surface area (Å²) in [5.41, 5.74) is 0.859. The Balaban J connectivity index is 2.62. The van der Waals surface area contributed by atoms with Crippen molar-refractivity contribution in [1.29, 1.82) is 0 Å². The molecule has 1 N–H and O–H groups in total. The van der Waals surface area contributed by atoms with E-state index in [1.165, 1.54) is 6.92 Å². The van der Waals surface area contributed by atoms with Crippen LogP contribution in [-0.2, 0) is 9.59 Å². The molecule has 4 heteroatoms. The number of hydrogen-bond donors (Lipinski definition) is 1. The standard InChI is InChI=1S/C14H15BrO3/c1-7-12(17)5-11(15)10-4-13(18)9(8(2)16)6-14(7,10)3/h4-5,7,18H,6H2,1-3H3/t7-,14+/m0/s1. The van der Waals surface area contributed by atoms with E-state index >= 15 is 0 Å². The highest BCUT2D eigenvalue weighted by molar-refractivity contribution is 9.12. The Morgan fingerprint density at radius 2 is 2.11 bits per heavy atom. The van der Waals surface area contributed by atoms with Crippen LogP contribution >= 0.6 is 15.9 Å². The van der Waals surface area contributed by atoms with Gasteiger partial charge in [0.2, 0.25) is 0 Å². The van der Waals surface area contributed by atoms with Crippen LogP contribution < -0.4 is 0 Å². The Labute approximate surface area is 114 Å². The van der Waals surface area contributed by atoms with Gasteiger partial charge in [0.25, 0.3) is 0 Å². The van der Waals surface area contributed by atoms with Gasteiger partial charge in [-0.3, -0.25) is 9.59 Å². The van der Waals surface area contributed by atoms with Gasteiger partial charge in [0.15, 0.2) is 11.6 Å². The molecule has 2 aliphatic rings. The number of Topliss-reactive ketones (excluding diaryl/α,β-unsaturated/α-hetero) is 1. The lowest BCUT2D eigenvalue weighted by molar-refractivity contribution is -0.121. The van der Waals surface area contributed by atoms with Crippen molar-refractivity contribution in [2.75, 3.05) is 0 Å². The third kappa shape index (κ3) is 1.79. The molecule has 0 aromatic carbocycles. The molecule has 0 unspecified atom stereocenters. The summed E-state index contributed by atoms with van der Waals surface area (Å²) in [7, 11) is 0. The Bertz CT molecular complexity index is 539. The molecule has 3 nitrogen and oxygen atoms in total. The number of allylic oxidation sites excluding steroid dienone is 5. The molecule has 0 heterocycles. The van der Waals surface area contributed by atoms with Crippen LogP contribution in [0.3, 0.4) is 0 Å². The first-order chi connectivity index (χ1) is 8.27. The fraction of sp³-hybridized carbons (Fsp3) is 0.429. The second kappa shape index (κ2) is 4.19. The Hall–Kier alpha value is -1.16. The first kappa shape index (κ1) is 13.3. The largest absolute Gasteiger partial charge is 0.508 e. The van der Waals surface area contributed by atoms with Gasteiger partial charge in [-0.1, -0.05) is 29.8 Å². The molecule has 2 aliphatic carbocycles. The minimum atomic E-state index is -0.433. The topological polar surface area (TPSA) is 54.4 Å². The third-order valence-electron chi connectivity index (χ3n) is 4.08. The molecule has 96 valence electrons. The van der Waals surface area contributed by atoms with Gasteiger partial charge in [-0.15, -0.1) is 0 Å². The van der Waals surface area contributed by atoms with Crippen LogP contribution in [-0.4, -0.2) is 16.7 Å². The maximum atomic E-state index is 11.9. The van der Waals surface area contributed by atoms with Crippen molar-refractivity contribution in [3.63, 3.8) is 0 Å². The van der Waals surface area contributed by atoms with Gasteiger partial charge in [-0.05, 0) is 31.1 Å². The summed E-state index contributed by atoms with van der Waals surface area (Å²) in [5.74, 6) is -0.283. The van der Waals surface area contributed by atoms with Crippen molar-refractivity contribution in [2.24, 2.45) is 11.3 Å². The highest BCUT2D eigenvalue weighted by Gasteiger charge is 2.45. The van der Waals surface area contributed by atoms with E-state index in [1.807, 2.05) is 13.8 Å². The number of carbonyl (C=O) groups is 2. The maximum Gasteiger partial charge on any atom is 0.160 e. The molecule has 0 radical (unpaired) electrons. The predicted molar refractivity (Wildman–Crippen MR) is 72.3 cm³/mol. The highest BCUT2D eigenvalue weighted by Crippen LogP contribution is 2.52. The minimum absolute atomic E-state index is 0.0156. The van der Waals surface area contributed by atoms with E-state index in [2.05, 4.69) is 15.9 Å². The molecule has 0 saturated carbocycles. The van der Waals surface area contributed by atoms with E-state index in [4.69, 9.17) is 0 Å². The smallest absolute Gasteiger partial charge is 0.160 e. The number of rotatable bonds is 1. The second-order valence-corrected chi connectivity index (χ2v) is 6.04. The molecule has 0 aromatic heterocycles. The Morgan fingerprint density at radius 1 is 1.50 bits per heavy atom. The summed E-state index contributed by atoms with van der Waals surface area (Å²) >= 11 is 3.37. The van der Waals surface area contributed by atoms with Crippen LogP contribution in [0.25, 0.3) is 0 Å². The van der Waals surface area contributed by atoms with Crippen molar-refractivity contribution < 1.29 is 14.7 Å². The summed E-state index contributed by atoms with van der Waals surface area (Å²) < 4.78 is 0.697. The number of aliphatic hydroxyl groups excluding tert-OH is 1. The molecule has 0 fully saturated rings. The van der Waals surface area contributed by atoms with Gasteiger partial charge in [0.1, 0.15) is 5.76 Å². The number of carbonyl (C=O) groups excluding carboxylic acids is 2. The lowest BCUT2D eigenvalue weighted by Gasteiger charge is -2.42. The van der Waals surface area contributed by atoms with Crippen molar-refractivity contribution in [1.82, 2.24) is 0 Å². The summed E-state index contributed by atoms with van der Waals surface area (Å²) in [6, 6.07) is 0. The molecule has 2 rings (SSSR count). The molecule has 0 aliphatic heterocycles. The number of ketones is 2. The average molecular weight is 311 g/mol. The molecule has 0 bridgehead atoms. The Morgan fingerprint density at radius 3 is 2.67 bits per heavy atom. The van der Waals surface area contributed by atoms with Crippen LogP contribution in [0.5, 0.6) is 0 Å². The molecular weight excluding hydrogens is 296 g/mol. The summed E-state index contributed by atoms with van der Waals surface area (Å²) in [6.07, 6.45) is 3.55. The average Bonchev–Trinajstić information content (AvgIpc) is 2.28. The number of halogens is 1. The van der Waals surface area contributed by atoms with Gasteiger partial charge < -0.3 is 5.11 Å². The number of aliphatic hydroxyl groups is 1. The van der Waals surface area contributed by atoms with Crippen molar-refractivity contribution in [2.45, 2.75) is 27.2 Å². The Kier molecular flexibility index (Phi) is 3.09. The van der Waals surface area contributed by atoms with Crippen molar-refractivity contribution >= 4 is 27.5 Å². The van der Waals surface area contributed by atoms with E-state index < -0.39 is 5.41 Å². The van der Waals surface area contributed by atoms with E-state index in [9.17, 15) is 14.7 Å². The van der Waals surface area contributed by atoms with Gasteiger partial charge >= 0.3 is 0 Å². The van der Waals surface area contributed by atoms with Crippen molar-refractivity contribution in [3.8, 4) is 0 Å². The summed E-state index contributed by atoms with van der Waals surface area (Å²) in [5, 5.41) is 9.91. The van der Waals surface area contributed by atoms with Gasteiger partial charge in [-0.2, -0.15) is 0 Å². The van der Waals surface area contributed by atoms with Gasteiger partial charge in [0, 0.05) is 21.4 Å². The lowest BCUT2D eigenvalue weighted by Crippen LogP contribution is -2.38. The quantitative estimate of drug-likeness (QED) is 0.809. The SMILES string of the molecule is CC(=O)C1=C(O)C=C2C(Br)=CC(=O)[C@H](C)[C@@]2(C)C1. The zero-order valence-corrected chi connectivity index (χ0v) is 12.2. The minimum Gasteiger partial charge on any atom is -0.508 e. The number of hydrogen-bond acceptors (Lipinski definition) is 3. The van der Waals surface area contributed by atoms with Crippen LogP contribution in [0, 0.1) is 11.3 Å². The van der Waals surface area contributed by atoms with Crippen LogP contribution in [0.1, 0.15) is 27.2 Å². The third-order valence-corrected chi connectivity index (χ3v) is 4.74. The fourth-order valence-corrected chi connectivity index (χ4v) is 3.41. The molecular formula is C14H15BrO3. The van der Waals surface area contributed by atoms with Crippen LogP contribution in [0.2, 0.25) is 0 Å². The van der Waals surface area contributed by atoms with Gasteiger partial charge in [-0.25, -0.2) is 0 Å². The van der Waals surface area contributed by atoms with Gasteiger partial charge in [0.05, 0.1) is 0 Å². The predicted octanol–water partition coefficient (Wildman–Crippen LogP) is 3.22.